The van der Waals surface area contributed by atoms with E-state index in [0.29, 0.717) is 5.92 Å². The van der Waals surface area contributed by atoms with E-state index in [-0.39, 0.29) is 5.41 Å². The second-order valence-corrected chi connectivity index (χ2v) is 15.6. The highest BCUT2D eigenvalue weighted by molar-refractivity contribution is 6.75. The molecule has 0 aliphatic heterocycles. The summed E-state index contributed by atoms with van der Waals surface area (Å²) in [4.78, 5) is 0. The number of hydrogen-bond donors (Lipinski definition) is 0. The first-order valence-electron chi connectivity index (χ1n) is 9.84. The van der Waals surface area contributed by atoms with Crippen molar-refractivity contribution in [2.45, 2.75) is 64.8 Å². The van der Waals surface area contributed by atoms with Crippen molar-refractivity contribution >= 4 is 19.0 Å². The fourth-order valence-corrected chi connectivity index (χ4v) is 5.74. The molecule has 1 unspecified atom stereocenters. The van der Waals surface area contributed by atoms with E-state index in [1.165, 1.54) is 39.5 Å². The third kappa shape index (κ3) is 2.66. The standard InChI is InChI=1S/C24H31NSi/c1-16-18-10-8-9-11-19(18)23-22(16)20-14-17(24(2,3)4)12-13-21(20)25(23)15-26(5,6)7/h8-14,16H,15H2,1-7H3. The predicted octanol–water partition coefficient (Wildman–Crippen LogP) is 6.95. The van der Waals surface area contributed by atoms with Crippen LogP contribution < -0.4 is 0 Å². The van der Waals surface area contributed by atoms with Gasteiger partial charge >= 0.3 is 0 Å². The van der Waals surface area contributed by atoms with Crippen LogP contribution in [0.15, 0.2) is 42.5 Å². The molecule has 26 heavy (non-hydrogen) atoms. The van der Waals surface area contributed by atoms with Crippen molar-refractivity contribution in [1.29, 1.82) is 0 Å². The Morgan fingerprint density at radius 3 is 2.35 bits per heavy atom. The average molecular weight is 362 g/mol. The second-order valence-electron chi connectivity index (χ2n) is 10.2. The highest BCUT2D eigenvalue weighted by Gasteiger charge is 2.33. The number of nitrogens with zero attached hydrogens (tertiary/aromatic N) is 1. The molecule has 0 saturated heterocycles. The third-order valence-electron chi connectivity index (χ3n) is 5.72. The monoisotopic (exact) mass is 361 g/mol. The van der Waals surface area contributed by atoms with Crippen molar-refractivity contribution in [1.82, 2.24) is 4.57 Å². The van der Waals surface area contributed by atoms with Gasteiger partial charge in [0.2, 0.25) is 0 Å². The van der Waals surface area contributed by atoms with E-state index in [2.05, 4.69) is 94.4 Å². The summed E-state index contributed by atoms with van der Waals surface area (Å²) in [6.45, 7) is 16.7. The van der Waals surface area contributed by atoms with Crippen molar-refractivity contribution in [3.63, 3.8) is 0 Å². The lowest BCUT2D eigenvalue weighted by Gasteiger charge is -2.22. The van der Waals surface area contributed by atoms with Crippen LogP contribution in [0.5, 0.6) is 0 Å². The van der Waals surface area contributed by atoms with Crippen LogP contribution in [-0.4, -0.2) is 12.6 Å². The molecule has 0 radical (unpaired) electrons. The Hall–Kier alpha value is -1.80. The summed E-state index contributed by atoms with van der Waals surface area (Å²) in [5, 5.41) is 1.47. The van der Waals surface area contributed by atoms with Gasteiger partial charge in [0.1, 0.15) is 0 Å². The minimum Gasteiger partial charge on any atom is -0.343 e. The molecular formula is C24H31NSi. The van der Waals surface area contributed by atoms with Gasteiger partial charge in [-0.3, -0.25) is 0 Å². The fraction of sp³-hybridized carbons (Fsp3) is 0.417. The topological polar surface area (TPSA) is 4.93 Å². The van der Waals surface area contributed by atoms with Gasteiger partial charge in [-0.1, -0.05) is 77.7 Å². The van der Waals surface area contributed by atoms with Crippen LogP contribution in [-0.2, 0) is 11.6 Å². The smallest absolute Gasteiger partial charge is 0.0671 e. The molecule has 2 heteroatoms. The zero-order chi connectivity index (χ0) is 18.9. The van der Waals surface area contributed by atoms with E-state index >= 15 is 0 Å². The van der Waals surface area contributed by atoms with Crippen LogP contribution in [0.2, 0.25) is 19.6 Å². The van der Waals surface area contributed by atoms with E-state index in [9.17, 15) is 0 Å². The summed E-state index contributed by atoms with van der Waals surface area (Å²) in [5.41, 5.74) is 9.00. The highest BCUT2D eigenvalue weighted by Crippen LogP contribution is 2.50. The van der Waals surface area contributed by atoms with E-state index in [4.69, 9.17) is 0 Å². The third-order valence-corrected chi connectivity index (χ3v) is 6.98. The average Bonchev–Trinajstić information content (AvgIpc) is 3.00. The number of rotatable bonds is 2. The number of fused-ring (bicyclic) bond motifs is 5. The van der Waals surface area contributed by atoms with Crippen LogP contribution in [0.4, 0.5) is 0 Å². The van der Waals surface area contributed by atoms with Gasteiger partial charge in [-0.15, -0.1) is 0 Å². The molecule has 0 bridgehead atoms. The molecule has 136 valence electrons. The zero-order valence-electron chi connectivity index (χ0n) is 17.3. The molecule has 1 atom stereocenters. The van der Waals surface area contributed by atoms with E-state index in [1.54, 1.807) is 5.56 Å². The maximum atomic E-state index is 2.64. The van der Waals surface area contributed by atoms with Crippen molar-refractivity contribution < 1.29 is 0 Å². The van der Waals surface area contributed by atoms with Crippen molar-refractivity contribution in [3.05, 3.63) is 59.2 Å². The largest absolute Gasteiger partial charge is 0.343 e. The highest BCUT2D eigenvalue weighted by atomic mass is 28.3. The Kier molecular flexibility index (Phi) is 3.79. The molecule has 1 aliphatic carbocycles. The summed E-state index contributed by atoms with van der Waals surface area (Å²) in [6.07, 6.45) is 1.18. The maximum absolute atomic E-state index is 2.64. The molecule has 1 heterocycles. The van der Waals surface area contributed by atoms with E-state index in [0.717, 1.165) is 0 Å². The van der Waals surface area contributed by atoms with Gasteiger partial charge < -0.3 is 4.57 Å². The van der Waals surface area contributed by atoms with Crippen molar-refractivity contribution in [3.8, 4) is 11.3 Å². The maximum Gasteiger partial charge on any atom is 0.0671 e. The minimum atomic E-state index is -1.25. The predicted molar refractivity (Wildman–Crippen MR) is 117 cm³/mol. The number of aromatic nitrogens is 1. The summed E-state index contributed by atoms with van der Waals surface area (Å²) >= 11 is 0. The summed E-state index contributed by atoms with van der Waals surface area (Å²) in [6, 6.07) is 16.2. The van der Waals surface area contributed by atoms with E-state index < -0.39 is 8.07 Å². The summed E-state index contributed by atoms with van der Waals surface area (Å²) < 4.78 is 2.64. The summed E-state index contributed by atoms with van der Waals surface area (Å²) in [5.74, 6) is 0.474. The fourth-order valence-electron chi connectivity index (χ4n) is 4.46. The molecule has 0 N–H and O–H groups in total. The van der Waals surface area contributed by atoms with Gasteiger partial charge in [-0.2, -0.15) is 0 Å². The molecule has 3 aromatic rings. The van der Waals surface area contributed by atoms with Gasteiger partial charge in [0.15, 0.2) is 0 Å². The Bertz CT molecular complexity index is 995. The van der Waals surface area contributed by atoms with Crippen LogP contribution in [0.25, 0.3) is 22.2 Å². The molecule has 2 aromatic carbocycles. The number of benzene rings is 2. The molecule has 1 aromatic heterocycles. The van der Waals surface area contributed by atoms with Crippen molar-refractivity contribution in [2.24, 2.45) is 0 Å². The Morgan fingerprint density at radius 1 is 1.00 bits per heavy atom. The first-order valence-corrected chi connectivity index (χ1v) is 13.5. The van der Waals surface area contributed by atoms with Crippen LogP contribution in [0, 0.1) is 0 Å². The zero-order valence-corrected chi connectivity index (χ0v) is 18.3. The lowest BCUT2D eigenvalue weighted by Crippen LogP contribution is -2.28. The molecule has 1 aliphatic rings. The van der Waals surface area contributed by atoms with Crippen LogP contribution in [0.3, 0.4) is 0 Å². The summed E-state index contributed by atoms with van der Waals surface area (Å²) in [7, 11) is -1.25. The molecular weight excluding hydrogens is 330 g/mol. The molecule has 1 nitrogen and oxygen atoms in total. The first-order chi connectivity index (χ1) is 12.1. The first kappa shape index (κ1) is 17.6. The van der Waals surface area contributed by atoms with Gasteiger partial charge in [-0.25, -0.2) is 0 Å². The Labute approximate surface area is 159 Å². The normalized spacial score (nSPS) is 16.8. The SMILES string of the molecule is CC1c2ccccc2-c2c1c1cc(C(C)(C)C)ccc1n2C[Si](C)(C)C. The minimum absolute atomic E-state index is 0.177. The Morgan fingerprint density at radius 2 is 1.69 bits per heavy atom. The van der Waals surface area contributed by atoms with Gasteiger partial charge in [-0.05, 0) is 34.2 Å². The van der Waals surface area contributed by atoms with Crippen LogP contribution >= 0.6 is 0 Å². The van der Waals surface area contributed by atoms with Crippen LogP contribution in [0.1, 0.15) is 50.3 Å². The second kappa shape index (κ2) is 5.59. The molecule has 0 amide bonds. The van der Waals surface area contributed by atoms with E-state index in [1.807, 2.05) is 0 Å². The lowest BCUT2D eigenvalue weighted by atomic mass is 9.85. The lowest BCUT2D eigenvalue weighted by molar-refractivity contribution is 0.591. The molecule has 0 spiro atoms. The quantitative estimate of drug-likeness (QED) is 0.435. The number of hydrogen-bond acceptors (Lipinski definition) is 0. The molecule has 4 rings (SSSR count). The van der Waals surface area contributed by atoms with Gasteiger partial charge in [0.05, 0.1) is 13.8 Å². The molecule has 0 saturated carbocycles. The molecule has 0 fully saturated rings. The van der Waals surface area contributed by atoms with Gasteiger partial charge in [0.25, 0.3) is 0 Å². The Balaban J connectivity index is 2.07. The van der Waals surface area contributed by atoms with Crippen molar-refractivity contribution in [2.75, 3.05) is 0 Å². The van der Waals surface area contributed by atoms with Gasteiger partial charge in [0, 0.05) is 28.6 Å².